The number of rotatable bonds is 3. The standard InChI is InChI=1S/C10H13N5O4/c1-5-4-15(10(18)13-9(5)17)8-2-6(16)7(19-8)3-12-14-11/h4,6-8,16H,2-3H2,1H3,(H,13,17,18)/t6-,7+,8+/m0/s1/i1D3. The molecule has 9 heteroatoms. The third kappa shape index (κ3) is 2.68. The maximum atomic E-state index is 11.8. The number of hydrogen-bond donors (Lipinski definition) is 2. The smallest absolute Gasteiger partial charge is 0.330 e. The highest BCUT2D eigenvalue weighted by Gasteiger charge is 2.34. The van der Waals surface area contributed by atoms with Gasteiger partial charge in [-0.15, -0.1) is 0 Å². The zero-order valence-corrected chi connectivity index (χ0v) is 9.68. The van der Waals surface area contributed by atoms with Crippen LogP contribution in [0.3, 0.4) is 0 Å². The summed E-state index contributed by atoms with van der Waals surface area (Å²) in [7, 11) is 0. The summed E-state index contributed by atoms with van der Waals surface area (Å²) in [6, 6.07) is 0. The van der Waals surface area contributed by atoms with Crippen LogP contribution in [-0.4, -0.2) is 33.4 Å². The molecule has 1 saturated heterocycles. The first-order chi connectivity index (χ1) is 10.2. The highest BCUT2D eigenvalue weighted by Crippen LogP contribution is 2.27. The molecule has 19 heavy (non-hydrogen) atoms. The molecular formula is C10H13N5O4. The summed E-state index contributed by atoms with van der Waals surface area (Å²) in [6.07, 6.45) is -1.85. The van der Waals surface area contributed by atoms with Crippen molar-refractivity contribution in [2.24, 2.45) is 5.11 Å². The number of aromatic amines is 1. The number of nitrogens with zero attached hydrogens (tertiary/aromatic N) is 4. The number of ether oxygens (including phenoxy) is 1. The lowest BCUT2D eigenvalue weighted by molar-refractivity contribution is -0.0151. The Hall–Kier alpha value is -2.09. The number of aromatic nitrogens is 2. The molecule has 1 aliphatic heterocycles. The number of hydrogen-bond acceptors (Lipinski definition) is 5. The van der Waals surface area contributed by atoms with Gasteiger partial charge in [-0.25, -0.2) is 4.79 Å². The average Bonchev–Trinajstić information content (AvgIpc) is 2.76. The minimum Gasteiger partial charge on any atom is -0.390 e. The fraction of sp³-hybridized carbons (Fsp3) is 0.600. The van der Waals surface area contributed by atoms with Gasteiger partial charge in [-0.05, 0) is 12.4 Å². The van der Waals surface area contributed by atoms with Gasteiger partial charge in [-0.1, -0.05) is 5.11 Å². The molecule has 3 atom stereocenters. The maximum absolute atomic E-state index is 11.8. The molecule has 0 unspecified atom stereocenters. The lowest BCUT2D eigenvalue weighted by atomic mass is 10.2. The Kier molecular flexibility index (Phi) is 2.71. The molecule has 0 radical (unpaired) electrons. The van der Waals surface area contributed by atoms with Gasteiger partial charge < -0.3 is 9.84 Å². The lowest BCUT2D eigenvalue weighted by Gasteiger charge is -2.14. The summed E-state index contributed by atoms with van der Waals surface area (Å²) in [5.41, 5.74) is 5.87. The van der Waals surface area contributed by atoms with Crippen LogP contribution >= 0.6 is 0 Å². The monoisotopic (exact) mass is 270 g/mol. The van der Waals surface area contributed by atoms with E-state index in [0.29, 0.717) is 0 Å². The Morgan fingerprint density at radius 1 is 1.79 bits per heavy atom. The quantitative estimate of drug-likeness (QED) is 0.447. The number of aliphatic hydroxyl groups is 1. The van der Waals surface area contributed by atoms with Crippen LogP contribution in [-0.2, 0) is 4.74 Å². The predicted octanol–water partition coefficient (Wildman–Crippen LogP) is -0.196. The van der Waals surface area contributed by atoms with Crippen LogP contribution in [0.25, 0.3) is 10.4 Å². The van der Waals surface area contributed by atoms with Gasteiger partial charge in [-0.3, -0.25) is 14.3 Å². The van der Waals surface area contributed by atoms with Gasteiger partial charge >= 0.3 is 5.69 Å². The third-order valence-electron chi connectivity index (χ3n) is 2.81. The molecule has 2 rings (SSSR count). The predicted molar refractivity (Wildman–Crippen MR) is 64.6 cm³/mol. The van der Waals surface area contributed by atoms with E-state index >= 15 is 0 Å². The molecule has 0 saturated carbocycles. The van der Waals surface area contributed by atoms with E-state index in [9.17, 15) is 14.7 Å². The van der Waals surface area contributed by atoms with E-state index < -0.39 is 42.1 Å². The summed E-state index contributed by atoms with van der Waals surface area (Å²) in [4.78, 5) is 27.8. The molecule has 0 aliphatic carbocycles. The second-order valence-corrected chi connectivity index (χ2v) is 4.05. The van der Waals surface area contributed by atoms with Crippen LogP contribution in [0, 0.1) is 6.85 Å². The first-order valence-electron chi connectivity index (χ1n) is 6.94. The van der Waals surface area contributed by atoms with Gasteiger partial charge in [0.25, 0.3) is 5.56 Å². The lowest BCUT2D eigenvalue weighted by Crippen LogP contribution is -2.33. The van der Waals surface area contributed by atoms with Crippen molar-refractivity contribution >= 4 is 0 Å². The SMILES string of the molecule is [2H]C([2H])([2H])c1cn([C@H]2C[C@H](O)[C@@H](CN=[N+]=[N-])O2)c(=O)[nH]c1=O. The maximum Gasteiger partial charge on any atom is 0.330 e. The third-order valence-corrected chi connectivity index (χ3v) is 2.81. The Bertz CT molecular complexity index is 720. The normalized spacial score (nSPS) is 29.1. The van der Waals surface area contributed by atoms with Crippen LogP contribution in [0.2, 0.25) is 0 Å². The average molecular weight is 270 g/mol. The van der Waals surface area contributed by atoms with Gasteiger partial charge in [0.2, 0.25) is 0 Å². The molecule has 0 aromatic carbocycles. The van der Waals surface area contributed by atoms with Gasteiger partial charge in [0, 0.05) is 27.2 Å². The minimum absolute atomic E-state index is 0.00198. The second-order valence-electron chi connectivity index (χ2n) is 4.05. The van der Waals surface area contributed by atoms with Crippen LogP contribution in [0.4, 0.5) is 0 Å². The van der Waals surface area contributed by atoms with E-state index in [1.165, 1.54) is 0 Å². The molecule has 1 aliphatic rings. The van der Waals surface area contributed by atoms with Crippen molar-refractivity contribution in [1.29, 1.82) is 0 Å². The zero-order chi connectivity index (χ0) is 16.5. The molecule has 9 nitrogen and oxygen atoms in total. The minimum atomic E-state index is -2.69. The van der Waals surface area contributed by atoms with E-state index in [2.05, 4.69) is 10.0 Å². The molecule has 2 heterocycles. The summed E-state index contributed by atoms with van der Waals surface area (Å²) in [5.74, 6) is 0. The van der Waals surface area contributed by atoms with Crippen molar-refractivity contribution in [1.82, 2.24) is 9.55 Å². The fourth-order valence-corrected chi connectivity index (χ4v) is 1.87. The fourth-order valence-electron chi connectivity index (χ4n) is 1.87. The highest BCUT2D eigenvalue weighted by atomic mass is 16.5. The summed E-state index contributed by atoms with van der Waals surface area (Å²) in [5, 5.41) is 13.1. The van der Waals surface area contributed by atoms with Crippen LogP contribution in [0.5, 0.6) is 0 Å². The van der Waals surface area contributed by atoms with E-state index in [1.807, 2.05) is 4.98 Å². The van der Waals surface area contributed by atoms with Gasteiger partial charge in [0.15, 0.2) is 0 Å². The molecule has 0 spiro atoms. The molecule has 0 bridgehead atoms. The highest BCUT2D eigenvalue weighted by molar-refractivity contribution is 5.02. The number of nitrogens with one attached hydrogen (secondary N) is 1. The number of aryl methyl sites for hydroxylation is 1. The summed E-state index contributed by atoms with van der Waals surface area (Å²) >= 11 is 0. The number of azide groups is 1. The van der Waals surface area contributed by atoms with Crippen LogP contribution < -0.4 is 11.2 Å². The van der Waals surface area contributed by atoms with Crippen molar-refractivity contribution in [3.63, 3.8) is 0 Å². The zero-order valence-electron chi connectivity index (χ0n) is 12.7. The Labute approximate surface area is 111 Å². The summed E-state index contributed by atoms with van der Waals surface area (Å²) < 4.78 is 28.1. The first kappa shape index (κ1) is 9.79. The van der Waals surface area contributed by atoms with Gasteiger partial charge in [0.05, 0.1) is 18.8 Å². The van der Waals surface area contributed by atoms with E-state index in [-0.39, 0.29) is 13.0 Å². The molecule has 102 valence electrons. The largest absolute Gasteiger partial charge is 0.390 e. The van der Waals surface area contributed by atoms with Crippen molar-refractivity contribution in [2.45, 2.75) is 31.7 Å². The van der Waals surface area contributed by atoms with Crippen molar-refractivity contribution in [3.05, 3.63) is 43.0 Å². The van der Waals surface area contributed by atoms with Gasteiger partial charge in [-0.2, -0.15) is 0 Å². The first-order valence-corrected chi connectivity index (χ1v) is 5.44. The van der Waals surface area contributed by atoms with E-state index in [0.717, 1.165) is 10.8 Å². The molecular weight excluding hydrogens is 254 g/mol. The Morgan fingerprint density at radius 2 is 2.58 bits per heavy atom. The molecule has 1 aromatic heterocycles. The Morgan fingerprint density at radius 3 is 3.26 bits per heavy atom. The van der Waals surface area contributed by atoms with Crippen molar-refractivity contribution < 1.29 is 14.0 Å². The van der Waals surface area contributed by atoms with Gasteiger partial charge in [0.1, 0.15) is 6.23 Å². The summed E-state index contributed by atoms with van der Waals surface area (Å²) in [6.45, 7) is -2.82. The second kappa shape index (κ2) is 5.27. The van der Waals surface area contributed by atoms with Crippen LogP contribution in [0.15, 0.2) is 20.9 Å². The molecule has 2 N–H and O–H groups in total. The topological polar surface area (TPSA) is 133 Å². The van der Waals surface area contributed by atoms with E-state index in [4.69, 9.17) is 14.4 Å². The molecule has 1 fully saturated rings. The molecule has 0 amide bonds. The number of aliphatic hydroxyl groups excluding tert-OH is 1. The van der Waals surface area contributed by atoms with Crippen molar-refractivity contribution in [2.75, 3.05) is 6.54 Å². The Balaban J connectivity index is 2.36. The van der Waals surface area contributed by atoms with Crippen LogP contribution in [0.1, 0.15) is 22.3 Å². The number of H-pyrrole nitrogens is 1. The van der Waals surface area contributed by atoms with E-state index in [1.54, 1.807) is 0 Å². The molecule has 1 aromatic rings. The van der Waals surface area contributed by atoms with Crippen molar-refractivity contribution in [3.8, 4) is 0 Å².